The second-order valence-corrected chi connectivity index (χ2v) is 7.16. The Morgan fingerprint density at radius 3 is 2.81 bits per heavy atom. The van der Waals surface area contributed by atoms with Crippen LogP contribution in [0.3, 0.4) is 0 Å². The number of fused-ring (bicyclic) bond motifs is 1. The topological polar surface area (TPSA) is 25.4 Å². The zero-order valence-corrected chi connectivity index (χ0v) is 15.5. The number of ether oxygens (including phenoxy) is 1. The maximum atomic E-state index is 6.31. The molecule has 0 fully saturated rings. The Bertz CT molecular complexity index is 898. The highest BCUT2D eigenvalue weighted by Gasteiger charge is 2.23. The maximum Gasteiger partial charge on any atom is 0.125 e. The van der Waals surface area contributed by atoms with E-state index in [2.05, 4.69) is 35.1 Å². The second kappa shape index (κ2) is 7.48. The van der Waals surface area contributed by atoms with E-state index in [1.807, 2.05) is 48.7 Å². The van der Waals surface area contributed by atoms with Crippen molar-refractivity contribution in [3.05, 3.63) is 83.0 Å². The van der Waals surface area contributed by atoms with Crippen LogP contribution in [0, 0.1) is 0 Å². The molecule has 2 heterocycles. The molecule has 26 heavy (non-hydrogen) atoms. The van der Waals surface area contributed by atoms with Gasteiger partial charge in [0.1, 0.15) is 11.9 Å². The van der Waals surface area contributed by atoms with Gasteiger partial charge in [0, 0.05) is 36.3 Å². The van der Waals surface area contributed by atoms with Crippen LogP contribution in [0.15, 0.2) is 66.9 Å². The average molecular weight is 365 g/mol. The number of aromatic nitrogens is 1. The van der Waals surface area contributed by atoms with E-state index in [0.717, 1.165) is 36.5 Å². The van der Waals surface area contributed by atoms with Crippen molar-refractivity contribution in [2.75, 3.05) is 13.6 Å². The lowest BCUT2D eigenvalue weighted by atomic mass is 9.97. The fourth-order valence-corrected chi connectivity index (χ4v) is 3.62. The SMILES string of the molecule is CN1CCC(Oc2cccc(Cl)c2)c2ccc(-c3ccccn3)cc2C1. The van der Waals surface area contributed by atoms with Gasteiger partial charge in [0.05, 0.1) is 5.69 Å². The summed E-state index contributed by atoms with van der Waals surface area (Å²) in [4.78, 5) is 6.81. The van der Waals surface area contributed by atoms with Gasteiger partial charge in [-0.1, -0.05) is 35.9 Å². The van der Waals surface area contributed by atoms with Crippen LogP contribution in [0.2, 0.25) is 5.02 Å². The van der Waals surface area contributed by atoms with Gasteiger partial charge in [-0.05, 0) is 54.6 Å². The van der Waals surface area contributed by atoms with Gasteiger partial charge in [-0.15, -0.1) is 0 Å². The fraction of sp³-hybridized carbons (Fsp3) is 0.227. The van der Waals surface area contributed by atoms with E-state index < -0.39 is 0 Å². The zero-order valence-electron chi connectivity index (χ0n) is 14.7. The third kappa shape index (κ3) is 3.74. The van der Waals surface area contributed by atoms with Gasteiger partial charge in [0.15, 0.2) is 0 Å². The highest BCUT2D eigenvalue weighted by molar-refractivity contribution is 6.30. The lowest BCUT2D eigenvalue weighted by molar-refractivity contribution is 0.182. The van der Waals surface area contributed by atoms with Crippen molar-refractivity contribution >= 4 is 11.6 Å². The number of nitrogens with zero attached hydrogens (tertiary/aromatic N) is 2. The van der Waals surface area contributed by atoms with E-state index in [1.165, 1.54) is 11.1 Å². The molecule has 3 nitrogen and oxygen atoms in total. The van der Waals surface area contributed by atoms with Crippen molar-refractivity contribution in [2.45, 2.75) is 19.1 Å². The van der Waals surface area contributed by atoms with Crippen LogP contribution < -0.4 is 4.74 Å². The predicted octanol–water partition coefficient (Wildman–Crippen LogP) is 5.36. The van der Waals surface area contributed by atoms with Gasteiger partial charge in [-0.2, -0.15) is 0 Å². The van der Waals surface area contributed by atoms with Gasteiger partial charge < -0.3 is 9.64 Å². The molecule has 0 amide bonds. The maximum absolute atomic E-state index is 6.31. The first-order chi connectivity index (χ1) is 12.7. The third-order valence-corrected chi connectivity index (χ3v) is 4.97. The quantitative estimate of drug-likeness (QED) is 0.625. The van der Waals surface area contributed by atoms with Crippen LogP contribution in [0.5, 0.6) is 5.75 Å². The summed E-state index contributed by atoms with van der Waals surface area (Å²) in [5, 5.41) is 0.693. The molecule has 4 heteroatoms. The highest BCUT2D eigenvalue weighted by Crippen LogP contribution is 2.33. The van der Waals surface area contributed by atoms with E-state index in [4.69, 9.17) is 16.3 Å². The van der Waals surface area contributed by atoms with Gasteiger partial charge in [0.25, 0.3) is 0 Å². The molecule has 2 aromatic carbocycles. The van der Waals surface area contributed by atoms with Crippen molar-refractivity contribution in [3.63, 3.8) is 0 Å². The van der Waals surface area contributed by atoms with Crippen LogP contribution in [0.4, 0.5) is 0 Å². The van der Waals surface area contributed by atoms with Gasteiger partial charge in [-0.3, -0.25) is 4.98 Å². The molecular weight excluding hydrogens is 344 g/mol. The molecule has 4 rings (SSSR count). The first kappa shape index (κ1) is 17.1. The Balaban J connectivity index is 1.69. The Kier molecular flexibility index (Phi) is 4.91. The Hall–Kier alpha value is -2.36. The number of rotatable bonds is 3. The third-order valence-electron chi connectivity index (χ3n) is 4.74. The highest BCUT2D eigenvalue weighted by atomic mass is 35.5. The molecule has 132 valence electrons. The lowest BCUT2D eigenvalue weighted by Crippen LogP contribution is -2.18. The molecular formula is C22H21ClN2O. The standard InChI is InChI=1S/C22H21ClN2O/c1-25-12-10-22(26-19-6-4-5-18(23)14-19)20-9-8-16(13-17(20)15-25)21-7-2-3-11-24-21/h2-9,11,13-14,22H,10,12,15H2,1H3. The minimum absolute atomic E-state index is 0.0196. The molecule has 3 aromatic rings. The molecule has 1 aliphatic rings. The molecule has 1 aliphatic heterocycles. The summed E-state index contributed by atoms with van der Waals surface area (Å²) < 4.78 is 6.31. The molecule has 1 aromatic heterocycles. The van der Waals surface area contributed by atoms with E-state index in [1.54, 1.807) is 0 Å². The predicted molar refractivity (Wildman–Crippen MR) is 105 cm³/mol. The largest absolute Gasteiger partial charge is 0.486 e. The Labute approximate surface area is 159 Å². The van der Waals surface area contributed by atoms with E-state index in [9.17, 15) is 0 Å². The minimum atomic E-state index is 0.0196. The van der Waals surface area contributed by atoms with E-state index >= 15 is 0 Å². The van der Waals surface area contributed by atoms with Crippen LogP contribution in [-0.2, 0) is 6.54 Å². The van der Waals surface area contributed by atoms with Crippen molar-refractivity contribution in [3.8, 4) is 17.0 Å². The summed E-state index contributed by atoms with van der Waals surface area (Å²) in [6, 6.07) is 20.2. The number of hydrogen-bond donors (Lipinski definition) is 0. The smallest absolute Gasteiger partial charge is 0.125 e. The van der Waals surface area contributed by atoms with Crippen molar-refractivity contribution < 1.29 is 4.74 Å². The van der Waals surface area contributed by atoms with E-state index in [-0.39, 0.29) is 6.10 Å². The normalized spacial score (nSPS) is 17.4. The van der Waals surface area contributed by atoms with Crippen LogP contribution in [0.1, 0.15) is 23.7 Å². The van der Waals surface area contributed by atoms with Crippen molar-refractivity contribution in [2.24, 2.45) is 0 Å². The van der Waals surface area contributed by atoms with E-state index in [0.29, 0.717) is 5.02 Å². The first-order valence-corrected chi connectivity index (χ1v) is 9.22. The van der Waals surface area contributed by atoms with Gasteiger partial charge >= 0.3 is 0 Å². The Morgan fingerprint density at radius 2 is 2.00 bits per heavy atom. The molecule has 0 saturated carbocycles. The van der Waals surface area contributed by atoms with Gasteiger partial charge in [-0.25, -0.2) is 0 Å². The summed E-state index contributed by atoms with van der Waals surface area (Å²) >= 11 is 6.11. The summed E-state index contributed by atoms with van der Waals surface area (Å²) in [6.45, 7) is 1.89. The van der Waals surface area contributed by atoms with Crippen molar-refractivity contribution in [1.29, 1.82) is 0 Å². The molecule has 0 saturated heterocycles. The molecule has 1 unspecified atom stereocenters. The van der Waals surface area contributed by atoms with Crippen LogP contribution >= 0.6 is 11.6 Å². The number of pyridine rings is 1. The molecule has 1 atom stereocenters. The van der Waals surface area contributed by atoms with Gasteiger partial charge in [0.2, 0.25) is 0 Å². The average Bonchev–Trinajstić information content (AvgIpc) is 2.81. The van der Waals surface area contributed by atoms with Crippen LogP contribution in [-0.4, -0.2) is 23.5 Å². The second-order valence-electron chi connectivity index (χ2n) is 6.72. The molecule has 0 N–H and O–H groups in total. The number of hydrogen-bond acceptors (Lipinski definition) is 3. The molecule has 0 aliphatic carbocycles. The number of halogens is 1. The monoisotopic (exact) mass is 364 g/mol. The molecule has 0 radical (unpaired) electrons. The fourth-order valence-electron chi connectivity index (χ4n) is 3.44. The molecule has 0 bridgehead atoms. The minimum Gasteiger partial charge on any atom is -0.486 e. The lowest BCUT2D eigenvalue weighted by Gasteiger charge is -2.20. The Morgan fingerprint density at radius 1 is 1.08 bits per heavy atom. The molecule has 0 spiro atoms. The zero-order chi connectivity index (χ0) is 17.9. The first-order valence-electron chi connectivity index (χ1n) is 8.84. The summed E-state index contributed by atoms with van der Waals surface area (Å²) in [5.74, 6) is 0.812. The summed E-state index contributed by atoms with van der Waals surface area (Å²) in [7, 11) is 2.15. The van der Waals surface area contributed by atoms with Crippen LogP contribution in [0.25, 0.3) is 11.3 Å². The summed E-state index contributed by atoms with van der Waals surface area (Å²) in [6.07, 6.45) is 2.79. The number of benzene rings is 2. The van der Waals surface area contributed by atoms with Crippen molar-refractivity contribution in [1.82, 2.24) is 9.88 Å². The summed E-state index contributed by atoms with van der Waals surface area (Å²) in [5.41, 5.74) is 4.67.